The van der Waals surface area contributed by atoms with Crippen molar-refractivity contribution in [3.8, 4) is 0 Å². The Morgan fingerprint density at radius 3 is 2.36 bits per heavy atom. The summed E-state index contributed by atoms with van der Waals surface area (Å²) in [5.74, 6) is 0.292. The quantitative estimate of drug-likeness (QED) is 0.350. The number of benzene rings is 2. The molecule has 2 aromatic carbocycles. The van der Waals surface area contributed by atoms with E-state index in [-0.39, 0.29) is 29.4 Å². The number of nitrogens with one attached hydrogen (secondary N) is 1. The minimum atomic E-state index is -3.70. The lowest BCUT2D eigenvalue weighted by molar-refractivity contribution is -0.385. The summed E-state index contributed by atoms with van der Waals surface area (Å²) in [6, 6.07) is 11.1. The first kappa shape index (κ1) is 26.3. The Labute approximate surface area is 196 Å². The molecule has 9 heteroatoms. The number of nitro groups is 1. The maximum Gasteiger partial charge on any atom is 0.274 e. The van der Waals surface area contributed by atoms with Crippen LogP contribution < -0.4 is 9.62 Å². The minimum absolute atomic E-state index is 0.00231. The fraction of sp³-hybridized carbons (Fsp3) is 0.458. The first-order valence-corrected chi connectivity index (χ1v) is 13.0. The zero-order valence-corrected chi connectivity index (χ0v) is 20.5. The third-order valence-electron chi connectivity index (χ3n) is 5.78. The van der Waals surface area contributed by atoms with Gasteiger partial charge in [-0.25, -0.2) is 8.42 Å². The van der Waals surface area contributed by atoms with Gasteiger partial charge in [-0.15, -0.1) is 0 Å². The van der Waals surface area contributed by atoms with Gasteiger partial charge in [-0.05, 0) is 43.0 Å². The van der Waals surface area contributed by atoms with Gasteiger partial charge in [0.15, 0.2) is 0 Å². The molecule has 0 saturated heterocycles. The normalized spacial score (nSPS) is 12.2. The fourth-order valence-corrected chi connectivity index (χ4v) is 4.61. The molecule has 0 fully saturated rings. The van der Waals surface area contributed by atoms with Crippen molar-refractivity contribution in [3.05, 3.63) is 69.3 Å². The molecule has 8 nitrogen and oxygen atoms in total. The molecule has 1 atom stereocenters. The van der Waals surface area contributed by atoms with Crippen LogP contribution in [0.3, 0.4) is 0 Å². The molecular formula is C24H33N3O5S. The smallest absolute Gasteiger partial charge is 0.274 e. The summed E-state index contributed by atoms with van der Waals surface area (Å²) in [4.78, 5) is 23.3. The van der Waals surface area contributed by atoms with Crippen molar-refractivity contribution in [1.82, 2.24) is 5.32 Å². The number of amides is 1. The highest BCUT2D eigenvalue weighted by Crippen LogP contribution is 2.31. The molecule has 1 N–H and O–H groups in total. The number of nitrogens with zero attached hydrogens (tertiary/aromatic N) is 2. The highest BCUT2D eigenvalue weighted by atomic mass is 32.2. The zero-order chi connectivity index (χ0) is 24.6. The standard InChI is InChI=1S/C24H33N3O5S/c1-5-7-9-19(6-2)16-25-24(28)21-14-12-20(13-15-21)17-26(33(4,31)32)22-10-8-11-23(18(22)3)27(29)30/h8,10-15,19H,5-7,9,16-17H2,1-4H3,(H,25,28). The van der Waals surface area contributed by atoms with Crippen LogP contribution in [-0.4, -0.2) is 32.0 Å². The molecule has 0 aliphatic carbocycles. The average Bonchev–Trinajstić information content (AvgIpc) is 2.77. The van der Waals surface area contributed by atoms with E-state index in [1.165, 1.54) is 19.1 Å². The molecule has 0 heterocycles. The van der Waals surface area contributed by atoms with Gasteiger partial charge in [-0.3, -0.25) is 19.2 Å². The summed E-state index contributed by atoms with van der Waals surface area (Å²) in [5, 5.41) is 14.3. The molecule has 0 saturated carbocycles. The van der Waals surface area contributed by atoms with E-state index >= 15 is 0 Å². The van der Waals surface area contributed by atoms with Gasteiger partial charge in [-0.2, -0.15) is 0 Å². The fourth-order valence-electron chi connectivity index (χ4n) is 3.67. The van der Waals surface area contributed by atoms with Crippen molar-refractivity contribution in [2.24, 2.45) is 5.92 Å². The highest BCUT2D eigenvalue weighted by molar-refractivity contribution is 7.92. The molecule has 180 valence electrons. The van der Waals surface area contributed by atoms with Crippen LogP contribution in [0.15, 0.2) is 42.5 Å². The van der Waals surface area contributed by atoms with Crippen LogP contribution in [0, 0.1) is 23.0 Å². The van der Waals surface area contributed by atoms with E-state index in [1.807, 2.05) is 0 Å². The molecule has 0 aliphatic rings. The van der Waals surface area contributed by atoms with E-state index in [9.17, 15) is 23.3 Å². The van der Waals surface area contributed by atoms with Crippen molar-refractivity contribution in [1.29, 1.82) is 0 Å². The number of unbranched alkanes of at least 4 members (excludes halogenated alkanes) is 1. The van der Waals surface area contributed by atoms with Crippen molar-refractivity contribution in [3.63, 3.8) is 0 Å². The second-order valence-electron chi connectivity index (χ2n) is 8.27. The molecule has 0 aliphatic heterocycles. The highest BCUT2D eigenvalue weighted by Gasteiger charge is 2.24. The molecule has 0 radical (unpaired) electrons. The molecule has 0 bridgehead atoms. The number of carbonyl (C=O) groups excluding carboxylic acids is 1. The van der Waals surface area contributed by atoms with E-state index in [4.69, 9.17) is 0 Å². The topological polar surface area (TPSA) is 110 Å². The molecular weight excluding hydrogens is 442 g/mol. The van der Waals surface area contributed by atoms with Gasteiger partial charge in [0.1, 0.15) is 0 Å². The first-order valence-electron chi connectivity index (χ1n) is 11.2. The Morgan fingerprint density at radius 1 is 1.15 bits per heavy atom. The molecule has 0 spiro atoms. The Bertz CT molecular complexity index is 1070. The van der Waals surface area contributed by atoms with Gasteiger partial charge in [0.2, 0.25) is 10.0 Å². The Kier molecular flexibility index (Phi) is 9.40. The van der Waals surface area contributed by atoms with Crippen LogP contribution in [0.1, 0.15) is 61.0 Å². The van der Waals surface area contributed by atoms with Gasteiger partial charge in [0, 0.05) is 18.2 Å². The van der Waals surface area contributed by atoms with E-state index < -0.39 is 14.9 Å². The maximum atomic E-state index is 12.5. The van der Waals surface area contributed by atoms with E-state index in [1.54, 1.807) is 30.3 Å². The number of rotatable bonds is 12. The summed E-state index contributed by atoms with van der Waals surface area (Å²) in [6.07, 6.45) is 5.44. The minimum Gasteiger partial charge on any atom is -0.352 e. The van der Waals surface area contributed by atoms with Gasteiger partial charge in [0.05, 0.1) is 29.0 Å². The van der Waals surface area contributed by atoms with E-state index in [2.05, 4.69) is 19.2 Å². The van der Waals surface area contributed by atoms with Crippen LogP contribution in [-0.2, 0) is 16.6 Å². The summed E-state index contributed by atoms with van der Waals surface area (Å²) in [7, 11) is -3.70. The van der Waals surface area contributed by atoms with Crippen LogP contribution in [0.4, 0.5) is 11.4 Å². The van der Waals surface area contributed by atoms with Crippen LogP contribution in [0.25, 0.3) is 0 Å². The van der Waals surface area contributed by atoms with Crippen molar-refractivity contribution >= 4 is 27.3 Å². The number of hydrogen-bond donors (Lipinski definition) is 1. The van der Waals surface area contributed by atoms with Crippen LogP contribution >= 0.6 is 0 Å². The molecule has 2 aromatic rings. The first-order chi connectivity index (χ1) is 15.6. The largest absolute Gasteiger partial charge is 0.352 e. The Balaban J connectivity index is 2.17. The van der Waals surface area contributed by atoms with Crippen LogP contribution in [0.2, 0.25) is 0 Å². The van der Waals surface area contributed by atoms with Gasteiger partial charge in [-0.1, -0.05) is 51.3 Å². The molecule has 0 aromatic heterocycles. The molecule has 33 heavy (non-hydrogen) atoms. The molecule has 1 amide bonds. The lowest BCUT2D eigenvalue weighted by Crippen LogP contribution is -2.30. The second kappa shape index (κ2) is 11.8. The predicted molar refractivity (Wildman–Crippen MR) is 131 cm³/mol. The van der Waals surface area contributed by atoms with Gasteiger partial charge in [0.25, 0.3) is 11.6 Å². The Morgan fingerprint density at radius 2 is 1.82 bits per heavy atom. The van der Waals surface area contributed by atoms with Crippen molar-refractivity contribution < 1.29 is 18.1 Å². The molecule has 1 unspecified atom stereocenters. The Hall–Kier alpha value is -2.94. The summed E-state index contributed by atoms with van der Waals surface area (Å²) < 4.78 is 26.1. The second-order valence-corrected chi connectivity index (χ2v) is 10.2. The lowest BCUT2D eigenvalue weighted by Gasteiger charge is -2.24. The zero-order valence-electron chi connectivity index (χ0n) is 19.7. The molecule has 2 rings (SSSR count). The van der Waals surface area contributed by atoms with Crippen molar-refractivity contribution in [2.75, 3.05) is 17.1 Å². The van der Waals surface area contributed by atoms with Gasteiger partial charge < -0.3 is 5.32 Å². The van der Waals surface area contributed by atoms with Gasteiger partial charge >= 0.3 is 0 Å². The van der Waals surface area contributed by atoms with E-state index in [0.717, 1.165) is 36.2 Å². The number of nitro benzene ring substituents is 1. The van der Waals surface area contributed by atoms with Crippen LogP contribution in [0.5, 0.6) is 0 Å². The number of carbonyl (C=O) groups is 1. The number of sulfonamides is 1. The number of anilines is 1. The SMILES string of the molecule is CCCCC(CC)CNC(=O)c1ccc(CN(c2cccc([N+](=O)[O-])c2C)S(C)(=O)=O)cc1. The summed E-state index contributed by atoms with van der Waals surface area (Å²) in [6.45, 7) is 6.43. The summed E-state index contributed by atoms with van der Waals surface area (Å²) in [5.41, 5.74) is 1.56. The third-order valence-corrected chi connectivity index (χ3v) is 6.91. The maximum absolute atomic E-state index is 12.5. The average molecular weight is 476 g/mol. The lowest BCUT2D eigenvalue weighted by atomic mass is 9.99. The van der Waals surface area contributed by atoms with Crippen molar-refractivity contribution in [2.45, 2.75) is 53.0 Å². The van der Waals surface area contributed by atoms with E-state index in [0.29, 0.717) is 23.6 Å². The monoisotopic (exact) mass is 475 g/mol. The summed E-state index contributed by atoms with van der Waals surface area (Å²) >= 11 is 0. The number of hydrogen-bond acceptors (Lipinski definition) is 5. The predicted octanol–water partition coefficient (Wildman–Crippen LogP) is 4.82. The third kappa shape index (κ3) is 7.28.